The number of carbonyl (C=O) groups is 1. The number of amides is 1. The summed E-state index contributed by atoms with van der Waals surface area (Å²) in [4.78, 5) is 11.3. The highest BCUT2D eigenvalue weighted by Crippen LogP contribution is 2.15. The molecule has 0 radical (unpaired) electrons. The van der Waals surface area contributed by atoms with Gasteiger partial charge >= 0.3 is 6.09 Å². The smallest absolute Gasteiger partial charge is 0.408 e. The lowest BCUT2D eigenvalue weighted by Gasteiger charge is -2.18. The van der Waals surface area contributed by atoms with E-state index in [1.165, 1.54) is 18.2 Å². The third-order valence-electron chi connectivity index (χ3n) is 1.87. The Morgan fingerprint density at radius 3 is 2.74 bits per heavy atom. The van der Waals surface area contributed by atoms with Gasteiger partial charge in [0.15, 0.2) is 0 Å². The fourth-order valence-electron chi connectivity index (χ4n) is 1.16. The first kappa shape index (κ1) is 15.3. The number of rotatable bonds is 1. The van der Waals surface area contributed by atoms with E-state index in [0.717, 1.165) is 0 Å². The third-order valence-corrected chi connectivity index (χ3v) is 2.19. The van der Waals surface area contributed by atoms with Gasteiger partial charge in [0.05, 0.1) is 11.6 Å². The molecule has 102 valence electrons. The largest absolute Gasteiger partial charge is 0.444 e. The van der Waals surface area contributed by atoms with E-state index < -0.39 is 17.5 Å². The molecule has 1 N–H and O–H groups in total. The topological polar surface area (TPSA) is 38.3 Å². The lowest BCUT2D eigenvalue weighted by Crippen LogP contribution is -2.32. The van der Waals surface area contributed by atoms with Gasteiger partial charge in [0.1, 0.15) is 11.4 Å². The number of hydrogen-bond acceptors (Lipinski definition) is 2. The average Bonchev–Trinajstić information content (AvgIpc) is 2.24. The fourth-order valence-corrected chi connectivity index (χ4v) is 1.38. The molecule has 0 bridgehead atoms. The van der Waals surface area contributed by atoms with Gasteiger partial charge in [-0.15, -0.1) is 0 Å². The second-order valence-corrected chi connectivity index (χ2v) is 5.19. The molecule has 0 saturated carbocycles. The van der Waals surface area contributed by atoms with Crippen molar-refractivity contribution >= 4 is 17.7 Å². The second kappa shape index (κ2) is 6.44. The number of halogens is 2. The van der Waals surface area contributed by atoms with E-state index in [0.29, 0.717) is 5.56 Å². The van der Waals surface area contributed by atoms with E-state index in [1.807, 2.05) is 0 Å². The monoisotopic (exact) mass is 283 g/mol. The van der Waals surface area contributed by atoms with Crippen LogP contribution in [0.5, 0.6) is 0 Å². The molecule has 0 fully saturated rings. The van der Waals surface area contributed by atoms with Crippen LogP contribution in [0.1, 0.15) is 26.3 Å². The summed E-state index contributed by atoms with van der Waals surface area (Å²) >= 11 is 5.80. The molecule has 0 saturated heterocycles. The van der Waals surface area contributed by atoms with Crippen molar-refractivity contribution in [3.63, 3.8) is 0 Å². The minimum Gasteiger partial charge on any atom is -0.444 e. The van der Waals surface area contributed by atoms with Crippen LogP contribution in [0.25, 0.3) is 0 Å². The average molecular weight is 284 g/mol. The molecule has 0 atom stereocenters. The van der Waals surface area contributed by atoms with Crippen molar-refractivity contribution in [1.29, 1.82) is 0 Å². The standard InChI is InChI=1S/C14H15ClFNO2/c1-14(2,3)19-13(18)17-8-4-5-10-6-7-11(16)9-12(10)15/h6-7,9H,8H2,1-3H3,(H,17,18). The summed E-state index contributed by atoms with van der Waals surface area (Å²) in [7, 11) is 0. The molecule has 0 aliphatic rings. The van der Waals surface area contributed by atoms with Crippen LogP contribution in [0.3, 0.4) is 0 Å². The minimum atomic E-state index is -0.544. The zero-order chi connectivity index (χ0) is 14.5. The third kappa shape index (κ3) is 6.12. The highest BCUT2D eigenvalue weighted by molar-refractivity contribution is 6.31. The second-order valence-electron chi connectivity index (χ2n) is 4.78. The summed E-state index contributed by atoms with van der Waals surface area (Å²) < 4.78 is 17.8. The van der Waals surface area contributed by atoms with Crippen molar-refractivity contribution < 1.29 is 13.9 Å². The van der Waals surface area contributed by atoms with Crippen LogP contribution in [0.2, 0.25) is 5.02 Å². The Kier molecular flexibility index (Phi) is 5.20. The molecule has 0 heterocycles. The van der Waals surface area contributed by atoms with Crippen LogP contribution in [0.4, 0.5) is 9.18 Å². The Morgan fingerprint density at radius 1 is 1.47 bits per heavy atom. The zero-order valence-electron chi connectivity index (χ0n) is 11.0. The predicted molar refractivity (Wildman–Crippen MR) is 72.5 cm³/mol. The van der Waals surface area contributed by atoms with Crippen molar-refractivity contribution in [3.05, 3.63) is 34.6 Å². The van der Waals surface area contributed by atoms with E-state index in [9.17, 15) is 9.18 Å². The molecule has 0 aromatic heterocycles. The maximum absolute atomic E-state index is 12.8. The van der Waals surface area contributed by atoms with E-state index in [4.69, 9.17) is 16.3 Å². The number of carbonyl (C=O) groups excluding carboxylic acids is 1. The molecule has 1 aromatic rings. The first-order valence-electron chi connectivity index (χ1n) is 5.69. The fraction of sp³-hybridized carbons (Fsp3) is 0.357. The summed E-state index contributed by atoms with van der Waals surface area (Å²) in [6.45, 7) is 5.45. The van der Waals surface area contributed by atoms with Crippen molar-refractivity contribution in [1.82, 2.24) is 5.32 Å². The SMILES string of the molecule is CC(C)(C)OC(=O)NCC#Cc1ccc(F)cc1Cl. The van der Waals surface area contributed by atoms with E-state index in [1.54, 1.807) is 20.8 Å². The Hall–Kier alpha value is -1.73. The molecule has 0 aliphatic heterocycles. The molecule has 0 unspecified atom stereocenters. The molecular weight excluding hydrogens is 269 g/mol. The normalized spacial score (nSPS) is 10.4. The molecular formula is C14H15ClFNO2. The Labute approximate surface area is 117 Å². The maximum atomic E-state index is 12.8. The number of alkyl carbamates (subject to hydrolysis) is 1. The lowest BCUT2D eigenvalue weighted by molar-refractivity contribution is 0.0535. The van der Waals surface area contributed by atoms with Crippen LogP contribution in [-0.2, 0) is 4.74 Å². The van der Waals surface area contributed by atoms with E-state index in [-0.39, 0.29) is 11.6 Å². The Morgan fingerprint density at radius 2 is 2.16 bits per heavy atom. The van der Waals surface area contributed by atoms with Crippen LogP contribution >= 0.6 is 11.6 Å². The summed E-state index contributed by atoms with van der Waals surface area (Å²) in [6.07, 6.45) is -0.535. The lowest BCUT2D eigenvalue weighted by atomic mass is 10.2. The molecule has 1 amide bonds. The van der Waals surface area contributed by atoms with Gasteiger partial charge in [0, 0.05) is 5.56 Å². The van der Waals surface area contributed by atoms with Crippen molar-refractivity contribution in [3.8, 4) is 11.8 Å². The van der Waals surface area contributed by atoms with Gasteiger partial charge in [-0.1, -0.05) is 23.4 Å². The zero-order valence-corrected chi connectivity index (χ0v) is 11.8. The van der Waals surface area contributed by atoms with Gasteiger partial charge in [-0.05, 0) is 39.0 Å². The van der Waals surface area contributed by atoms with Gasteiger partial charge < -0.3 is 10.1 Å². The van der Waals surface area contributed by atoms with Crippen LogP contribution < -0.4 is 5.32 Å². The highest BCUT2D eigenvalue weighted by atomic mass is 35.5. The van der Waals surface area contributed by atoms with Gasteiger partial charge in [0.25, 0.3) is 0 Å². The van der Waals surface area contributed by atoms with Crippen molar-refractivity contribution in [2.24, 2.45) is 0 Å². The molecule has 1 aromatic carbocycles. The summed E-state index contributed by atoms with van der Waals surface area (Å²) in [5.74, 6) is 5.03. The molecule has 1 rings (SSSR count). The van der Waals surface area contributed by atoms with Gasteiger partial charge in [0.2, 0.25) is 0 Å². The first-order valence-corrected chi connectivity index (χ1v) is 6.06. The first-order chi connectivity index (χ1) is 8.78. The van der Waals surface area contributed by atoms with E-state index in [2.05, 4.69) is 17.2 Å². The number of nitrogens with one attached hydrogen (secondary N) is 1. The van der Waals surface area contributed by atoms with Gasteiger partial charge in [-0.2, -0.15) is 0 Å². The predicted octanol–water partition coefficient (Wildman–Crippen LogP) is 3.36. The van der Waals surface area contributed by atoms with Crippen LogP contribution in [0.15, 0.2) is 18.2 Å². The number of benzene rings is 1. The molecule has 3 nitrogen and oxygen atoms in total. The van der Waals surface area contributed by atoms with Crippen molar-refractivity contribution in [2.45, 2.75) is 26.4 Å². The maximum Gasteiger partial charge on any atom is 0.408 e. The molecule has 0 spiro atoms. The quantitative estimate of drug-likeness (QED) is 0.803. The number of ether oxygens (including phenoxy) is 1. The van der Waals surface area contributed by atoms with Gasteiger partial charge in [-0.25, -0.2) is 9.18 Å². The summed E-state index contributed by atoms with van der Waals surface area (Å²) in [5, 5.41) is 2.73. The highest BCUT2D eigenvalue weighted by Gasteiger charge is 2.14. The van der Waals surface area contributed by atoms with E-state index >= 15 is 0 Å². The van der Waals surface area contributed by atoms with Crippen LogP contribution in [-0.4, -0.2) is 18.2 Å². The number of hydrogen-bond donors (Lipinski definition) is 1. The molecule has 0 aliphatic carbocycles. The molecule has 19 heavy (non-hydrogen) atoms. The summed E-state index contributed by atoms with van der Waals surface area (Å²) in [5.41, 5.74) is -0.0355. The summed E-state index contributed by atoms with van der Waals surface area (Å²) in [6, 6.07) is 3.95. The Balaban J connectivity index is 2.50. The van der Waals surface area contributed by atoms with Crippen LogP contribution in [0, 0.1) is 17.7 Å². The molecule has 5 heteroatoms. The van der Waals surface area contributed by atoms with Gasteiger partial charge in [-0.3, -0.25) is 0 Å². The Bertz CT molecular complexity index is 526. The van der Waals surface area contributed by atoms with Crippen molar-refractivity contribution in [2.75, 3.05) is 6.54 Å². The minimum absolute atomic E-state index is 0.128.